The molecule has 0 fully saturated rings. The van der Waals surface area contributed by atoms with E-state index in [4.69, 9.17) is 18.9 Å². The summed E-state index contributed by atoms with van der Waals surface area (Å²) >= 11 is 0. The van der Waals surface area contributed by atoms with Gasteiger partial charge < -0.3 is 24.3 Å². The van der Waals surface area contributed by atoms with Crippen molar-refractivity contribution in [3.8, 4) is 23.0 Å². The molecule has 7 heteroatoms. The highest BCUT2D eigenvalue weighted by Crippen LogP contribution is 2.31. The average Bonchev–Trinajstić information content (AvgIpc) is 2.78. The van der Waals surface area contributed by atoms with Gasteiger partial charge in [0.1, 0.15) is 11.3 Å². The Kier molecular flexibility index (Phi) is 6.89. The molecule has 0 saturated heterocycles. The quantitative estimate of drug-likeness (QED) is 0.561. The van der Waals surface area contributed by atoms with Crippen LogP contribution in [-0.2, 0) is 9.53 Å². The summed E-state index contributed by atoms with van der Waals surface area (Å²) in [5.74, 6) is 0.535. The van der Waals surface area contributed by atoms with Gasteiger partial charge in [0.15, 0.2) is 23.9 Å². The number of carbonyl (C=O) groups excluding carboxylic acids is 2. The second-order valence-corrected chi connectivity index (χ2v) is 6.08. The molecule has 0 unspecified atom stereocenters. The third-order valence-corrected chi connectivity index (χ3v) is 4.09. The zero-order chi connectivity index (χ0) is 21.3. The summed E-state index contributed by atoms with van der Waals surface area (Å²) in [6, 6.07) is 21.0. The van der Waals surface area contributed by atoms with E-state index in [9.17, 15) is 9.59 Å². The van der Waals surface area contributed by atoms with E-state index in [0.29, 0.717) is 22.9 Å². The highest BCUT2D eigenvalue weighted by molar-refractivity contribution is 5.97. The molecule has 3 aromatic carbocycles. The standard InChI is InChI=1S/C23H21NO6/c1-27-20-14-8-11-17(22(20)28-2)23(26)29-15-21(25)24-18-12-6-7-13-19(18)30-16-9-4-3-5-10-16/h3-14H,15H2,1-2H3,(H,24,25). The van der Waals surface area contributed by atoms with Crippen LogP contribution in [0.15, 0.2) is 72.8 Å². The van der Waals surface area contributed by atoms with E-state index >= 15 is 0 Å². The highest BCUT2D eigenvalue weighted by atomic mass is 16.5. The number of nitrogens with one attached hydrogen (secondary N) is 1. The first-order chi connectivity index (χ1) is 14.6. The van der Waals surface area contributed by atoms with E-state index < -0.39 is 18.5 Å². The molecule has 3 aromatic rings. The number of amides is 1. The Labute approximate surface area is 174 Å². The van der Waals surface area contributed by atoms with Gasteiger partial charge >= 0.3 is 5.97 Å². The van der Waals surface area contributed by atoms with Gasteiger partial charge in [0.05, 0.1) is 19.9 Å². The summed E-state index contributed by atoms with van der Waals surface area (Å²) in [4.78, 5) is 24.7. The van der Waals surface area contributed by atoms with Gasteiger partial charge in [-0.3, -0.25) is 4.79 Å². The van der Waals surface area contributed by atoms with Crippen LogP contribution in [-0.4, -0.2) is 32.7 Å². The van der Waals surface area contributed by atoms with E-state index in [1.807, 2.05) is 30.3 Å². The third-order valence-electron chi connectivity index (χ3n) is 4.09. The number of benzene rings is 3. The molecule has 0 saturated carbocycles. The molecule has 7 nitrogen and oxygen atoms in total. The fourth-order valence-corrected chi connectivity index (χ4v) is 2.72. The first-order valence-corrected chi connectivity index (χ1v) is 9.12. The van der Waals surface area contributed by atoms with Gasteiger partial charge in [0, 0.05) is 0 Å². The highest BCUT2D eigenvalue weighted by Gasteiger charge is 2.19. The molecule has 30 heavy (non-hydrogen) atoms. The topological polar surface area (TPSA) is 83.1 Å². The molecule has 154 valence electrons. The van der Waals surface area contributed by atoms with Crippen molar-refractivity contribution in [3.63, 3.8) is 0 Å². The van der Waals surface area contributed by atoms with Crippen molar-refractivity contribution in [3.05, 3.63) is 78.4 Å². The predicted octanol–water partition coefficient (Wildman–Crippen LogP) is 4.29. The lowest BCUT2D eigenvalue weighted by Gasteiger charge is -2.13. The molecule has 0 atom stereocenters. The second-order valence-electron chi connectivity index (χ2n) is 6.08. The molecule has 0 aliphatic heterocycles. The van der Waals surface area contributed by atoms with Crippen molar-refractivity contribution in [2.45, 2.75) is 0 Å². The second kappa shape index (κ2) is 9.97. The molecule has 0 heterocycles. The number of ether oxygens (including phenoxy) is 4. The number of hydrogen-bond acceptors (Lipinski definition) is 6. The molecular weight excluding hydrogens is 386 g/mol. The van der Waals surface area contributed by atoms with Crippen LogP contribution >= 0.6 is 0 Å². The van der Waals surface area contributed by atoms with Gasteiger partial charge in [-0.15, -0.1) is 0 Å². The first-order valence-electron chi connectivity index (χ1n) is 9.12. The lowest BCUT2D eigenvalue weighted by Crippen LogP contribution is -2.21. The molecule has 1 amide bonds. The number of methoxy groups -OCH3 is 2. The number of carbonyl (C=O) groups is 2. The van der Waals surface area contributed by atoms with E-state index in [-0.39, 0.29) is 11.3 Å². The van der Waals surface area contributed by atoms with Gasteiger partial charge in [-0.25, -0.2) is 4.79 Å². The number of hydrogen-bond donors (Lipinski definition) is 1. The Hall–Kier alpha value is -4.00. The number of para-hydroxylation sites is 4. The van der Waals surface area contributed by atoms with E-state index in [2.05, 4.69) is 5.32 Å². The summed E-state index contributed by atoms with van der Waals surface area (Å²) in [6.45, 7) is -0.473. The Bertz CT molecular complexity index is 1020. The van der Waals surface area contributed by atoms with Gasteiger partial charge in [0.25, 0.3) is 5.91 Å². The van der Waals surface area contributed by atoms with Gasteiger partial charge in [-0.2, -0.15) is 0 Å². The van der Waals surface area contributed by atoms with E-state index in [0.717, 1.165) is 0 Å². The normalized spacial score (nSPS) is 10.1. The Morgan fingerprint density at radius 1 is 0.800 bits per heavy atom. The summed E-state index contributed by atoms with van der Waals surface area (Å²) < 4.78 is 21.3. The van der Waals surface area contributed by atoms with Crippen molar-refractivity contribution in [1.82, 2.24) is 0 Å². The fourth-order valence-electron chi connectivity index (χ4n) is 2.72. The summed E-state index contributed by atoms with van der Waals surface area (Å²) in [6.07, 6.45) is 0. The Morgan fingerprint density at radius 2 is 1.50 bits per heavy atom. The van der Waals surface area contributed by atoms with E-state index in [1.54, 1.807) is 36.4 Å². The van der Waals surface area contributed by atoms with Gasteiger partial charge in [-0.1, -0.05) is 36.4 Å². The maximum Gasteiger partial charge on any atom is 0.342 e. The average molecular weight is 407 g/mol. The maximum absolute atomic E-state index is 12.4. The minimum Gasteiger partial charge on any atom is -0.493 e. The SMILES string of the molecule is COc1cccc(C(=O)OCC(=O)Nc2ccccc2Oc2ccccc2)c1OC. The fraction of sp³-hybridized carbons (Fsp3) is 0.130. The zero-order valence-corrected chi connectivity index (χ0v) is 16.6. The van der Waals surface area contributed by atoms with Crippen LogP contribution in [0.5, 0.6) is 23.0 Å². The van der Waals surface area contributed by atoms with Crippen molar-refractivity contribution in [1.29, 1.82) is 0 Å². The van der Waals surface area contributed by atoms with Crippen LogP contribution in [0, 0.1) is 0 Å². The lowest BCUT2D eigenvalue weighted by atomic mass is 10.2. The molecule has 1 N–H and O–H groups in total. The number of rotatable bonds is 8. The van der Waals surface area contributed by atoms with Gasteiger partial charge in [-0.05, 0) is 36.4 Å². The third kappa shape index (κ3) is 5.08. The Morgan fingerprint density at radius 3 is 2.23 bits per heavy atom. The summed E-state index contributed by atoms with van der Waals surface area (Å²) in [7, 11) is 2.89. The molecule has 0 radical (unpaired) electrons. The summed E-state index contributed by atoms with van der Waals surface area (Å²) in [5, 5.41) is 2.69. The van der Waals surface area contributed by atoms with Crippen molar-refractivity contribution in [2.75, 3.05) is 26.1 Å². The monoisotopic (exact) mass is 407 g/mol. The van der Waals surface area contributed by atoms with Crippen LogP contribution in [0.1, 0.15) is 10.4 Å². The van der Waals surface area contributed by atoms with Crippen molar-refractivity contribution >= 4 is 17.6 Å². The molecular formula is C23H21NO6. The van der Waals surface area contributed by atoms with Crippen LogP contribution < -0.4 is 19.5 Å². The molecule has 0 spiro atoms. The van der Waals surface area contributed by atoms with Crippen molar-refractivity contribution in [2.24, 2.45) is 0 Å². The van der Waals surface area contributed by atoms with Crippen molar-refractivity contribution < 1.29 is 28.5 Å². The molecule has 0 aliphatic carbocycles. The predicted molar refractivity (Wildman–Crippen MR) is 111 cm³/mol. The maximum atomic E-state index is 12.4. The minimum atomic E-state index is -0.699. The minimum absolute atomic E-state index is 0.164. The molecule has 0 bridgehead atoms. The lowest BCUT2D eigenvalue weighted by molar-refractivity contribution is -0.119. The number of esters is 1. The smallest absolute Gasteiger partial charge is 0.342 e. The largest absolute Gasteiger partial charge is 0.493 e. The van der Waals surface area contributed by atoms with E-state index in [1.165, 1.54) is 20.3 Å². The molecule has 3 rings (SSSR count). The molecule has 0 aromatic heterocycles. The van der Waals surface area contributed by atoms with Crippen LogP contribution in [0.25, 0.3) is 0 Å². The summed E-state index contributed by atoms with van der Waals surface area (Å²) in [5.41, 5.74) is 0.624. The Balaban J connectivity index is 1.64. The number of anilines is 1. The first kappa shape index (κ1) is 20.7. The van der Waals surface area contributed by atoms with Crippen LogP contribution in [0.2, 0.25) is 0 Å². The molecule has 0 aliphatic rings. The van der Waals surface area contributed by atoms with Crippen LogP contribution in [0.3, 0.4) is 0 Å². The zero-order valence-electron chi connectivity index (χ0n) is 16.6. The van der Waals surface area contributed by atoms with Gasteiger partial charge in [0.2, 0.25) is 0 Å². The van der Waals surface area contributed by atoms with Crippen LogP contribution in [0.4, 0.5) is 5.69 Å².